The summed E-state index contributed by atoms with van der Waals surface area (Å²) >= 11 is 1.61. The van der Waals surface area contributed by atoms with Crippen molar-refractivity contribution in [3.05, 3.63) is 50.3 Å². The van der Waals surface area contributed by atoms with E-state index in [-0.39, 0.29) is 5.82 Å². The fourth-order valence-electron chi connectivity index (χ4n) is 2.72. The number of hydrogen-bond acceptors (Lipinski definition) is 5. The van der Waals surface area contributed by atoms with Gasteiger partial charge in [0.25, 0.3) is 0 Å². The summed E-state index contributed by atoms with van der Waals surface area (Å²) in [4.78, 5) is 4.30. The number of pyridine rings is 1. The van der Waals surface area contributed by atoms with Gasteiger partial charge in [-0.2, -0.15) is 21.9 Å². The molecule has 0 fully saturated rings. The van der Waals surface area contributed by atoms with Crippen LogP contribution in [0.5, 0.6) is 0 Å². The van der Waals surface area contributed by atoms with Gasteiger partial charge in [-0.15, -0.1) is 0 Å². The van der Waals surface area contributed by atoms with Crippen LogP contribution in [0.1, 0.15) is 34.9 Å². The molecular weight excluding hydrogens is 292 g/mol. The van der Waals surface area contributed by atoms with E-state index in [1.54, 1.807) is 11.3 Å². The molecule has 0 unspecified atom stereocenters. The molecular formula is C17H12N4S. The zero-order valence-electron chi connectivity index (χ0n) is 12.1. The zero-order valence-corrected chi connectivity index (χ0v) is 13.0. The molecule has 2 aromatic heterocycles. The van der Waals surface area contributed by atoms with Gasteiger partial charge in [0, 0.05) is 5.56 Å². The summed E-state index contributed by atoms with van der Waals surface area (Å²) in [6.07, 6.45) is 2.03. The van der Waals surface area contributed by atoms with Gasteiger partial charge < -0.3 is 5.73 Å². The van der Waals surface area contributed by atoms with Gasteiger partial charge in [-0.1, -0.05) is 0 Å². The Morgan fingerprint density at radius 2 is 2.05 bits per heavy atom. The lowest BCUT2D eigenvalue weighted by molar-refractivity contribution is 1.22. The van der Waals surface area contributed by atoms with E-state index in [1.165, 1.54) is 0 Å². The number of fused-ring (bicyclic) bond motifs is 1. The molecule has 0 saturated carbocycles. The maximum Gasteiger partial charge on any atom is 0.142 e. The predicted molar refractivity (Wildman–Crippen MR) is 88.5 cm³/mol. The summed E-state index contributed by atoms with van der Waals surface area (Å²) in [6, 6.07) is 6.33. The third-order valence-corrected chi connectivity index (χ3v) is 4.54. The molecule has 4 nitrogen and oxygen atoms in total. The SMILES string of the molecule is CC1=C(C#N)c2nc(N)c(C#N)c(C)c2/C1=C/c1ccsc1. The summed E-state index contributed by atoms with van der Waals surface area (Å²) in [7, 11) is 0. The van der Waals surface area contributed by atoms with Gasteiger partial charge in [0.2, 0.25) is 0 Å². The second-order valence-electron chi connectivity index (χ2n) is 5.06. The van der Waals surface area contributed by atoms with Crippen molar-refractivity contribution in [2.24, 2.45) is 0 Å². The summed E-state index contributed by atoms with van der Waals surface area (Å²) in [6.45, 7) is 3.75. The number of nitrogen functional groups attached to an aromatic ring is 1. The Kier molecular flexibility index (Phi) is 3.29. The highest BCUT2D eigenvalue weighted by atomic mass is 32.1. The average Bonchev–Trinajstić information content (AvgIpc) is 3.07. The van der Waals surface area contributed by atoms with Crippen LogP contribution in [0.3, 0.4) is 0 Å². The minimum atomic E-state index is 0.177. The molecule has 0 bridgehead atoms. The molecule has 0 spiro atoms. The largest absolute Gasteiger partial charge is 0.383 e. The molecule has 0 radical (unpaired) electrons. The molecule has 2 aromatic rings. The number of allylic oxidation sites excluding steroid dienone is 3. The van der Waals surface area contributed by atoms with Crippen molar-refractivity contribution >= 4 is 34.4 Å². The molecule has 0 aromatic carbocycles. The molecule has 0 aliphatic heterocycles. The first-order chi connectivity index (χ1) is 10.6. The Balaban J connectivity index is 2.36. The van der Waals surface area contributed by atoms with Crippen molar-refractivity contribution in [2.45, 2.75) is 13.8 Å². The van der Waals surface area contributed by atoms with Crippen LogP contribution in [0.15, 0.2) is 22.4 Å². The van der Waals surface area contributed by atoms with Crippen molar-refractivity contribution in [2.75, 3.05) is 5.73 Å². The van der Waals surface area contributed by atoms with Crippen LogP contribution in [0.25, 0.3) is 17.2 Å². The van der Waals surface area contributed by atoms with Crippen LogP contribution in [0, 0.1) is 29.6 Å². The number of nitriles is 2. The molecule has 2 N–H and O–H groups in total. The number of rotatable bonds is 1. The highest BCUT2D eigenvalue weighted by molar-refractivity contribution is 7.08. The smallest absolute Gasteiger partial charge is 0.142 e. The van der Waals surface area contributed by atoms with Gasteiger partial charge in [-0.25, -0.2) is 4.98 Å². The third-order valence-electron chi connectivity index (χ3n) is 3.84. The fraction of sp³-hybridized carbons (Fsp3) is 0.118. The Morgan fingerprint density at radius 1 is 1.27 bits per heavy atom. The first-order valence-corrected chi connectivity index (χ1v) is 7.59. The van der Waals surface area contributed by atoms with Crippen molar-refractivity contribution in [1.82, 2.24) is 4.98 Å². The van der Waals surface area contributed by atoms with Crippen LogP contribution in [-0.2, 0) is 0 Å². The van der Waals surface area contributed by atoms with Crippen LogP contribution >= 0.6 is 11.3 Å². The number of nitrogens with zero attached hydrogens (tertiary/aromatic N) is 3. The van der Waals surface area contributed by atoms with Crippen molar-refractivity contribution in [3.63, 3.8) is 0 Å². The van der Waals surface area contributed by atoms with Gasteiger partial charge >= 0.3 is 0 Å². The van der Waals surface area contributed by atoms with Crippen LogP contribution in [-0.4, -0.2) is 4.98 Å². The van der Waals surface area contributed by atoms with E-state index >= 15 is 0 Å². The van der Waals surface area contributed by atoms with Gasteiger partial charge in [0.05, 0.1) is 16.8 Å². The number of aromatic nitrogens is 1. The second-order valence-corrected chi connectivity index (χ2v) is 5.84. The fourth-order valence-corrected chi connectivity index (χ4v) is 3.34. The standard InChI is InChI=1S/C17H12N4S/c1-9-12(5-11-3-4-22-8-11)15-10(2)14(7-19)17(20)21-16(15)13(9)6-18/h3-5,8H,1-2H3,(H2,20,21)/b12-5+. The average molecular weight is 304 g/mol. The van der Waals surface area contributed by atoms with Gasteiger partial charge in [0.1, 0.15) is 18.0 Å². The van der Waals surface area contributed by atoms with E-state index in [9.17, 15) is 10.5 Å². The summed E-state index contributed by atoms with van der Waals surface area (Å²) in [5, 5.41) is 22.8. The first kappa shape index (κ1) is 14.1. The number of hydrogen-bond donors (Lipinski definition) is 1. The molecule has 22 heavy (non-hydrogen) atoms. The van der Waals surface area contributed by atoms with Crippen molar-refractivity contribution in [3.8, 4) is 12.1 Å². The van der Waals surface area contributed by atoms with E-state index in [0.29, 0.717) is 16.8 Å². The lowest BCUT2D eigenvalue weighted by atomic mass is 9.96. The van der Waals surface area contributed by atoms with Gasteiger partial charge in [-0.05, 0) is 59.0 Å². The molecule has 1 aliphatic rings. The topological polar surface area (TPSA) is 86.5 Å². The number of thiophene rings is 1. The zero-order chi connectivity index (χ0) is 15.9. The number of nitrogens with two attached hydrogens (primary N) is 1. The molecule has 2 heterocycles. The molecule has 0 atom stereocenters. The Hall–Kier alpha value is -2.89. The second kappa shape index (κ2) is 5.14. The Morgan fingerprint density at radius 3 is 2.64 bits per heavy atom. The maximum absolute atomic E-state index is 9.46. The quantitative estimate of drug-likeness (QED) is 0.869. The van der Waals surface area contributed by atoms with Crippen LogP contribution in [0.4, 0.5) is 5.82 Å². The maximum atomic E-state index is 9.46. The molecule has 1 aliphatic carbocycles. The van der Waals surface area contributed by atoms with Crippen molar-refractivity contribution in [1.29, 1.82) is 10.5 Å². The predicted octanol–water partition coefficient (Wildman–Crippen LogP) is 3.76. The normalized spacial score (nSPS) is 14.8. The lowest BCUT2D eigenvalue weighted by Gasteiger charge is -2.10. The summed E-state index contributed by atoms with van der Waals surface area (Å²) < 4.78 is 0. The van der Waals surface area contributed by atoms with E-state index in [0.717, 1.165) is 27.8 Å². The van der Waals surface area contributed by atoms with Gasteiger partial charge in [-0.3, -0.25) is 0 Å². The highest BCUT2D eigenvalue weighted by Gasteiger charge is 2.29. The molecule has 3 rings (SSSR count). The van der Waals surface area contributed by atoms with E-state index in [1.807, 2.05) is 36.7 Å². The lowest BCUT2D eigenvalue weighted by Crippen LogP contribution is -2.03. The minimum absolute atomic E-state index is 0.177. The number of anilines is 1. The third kappa shape index (κ3) is 1.92. The Labute approximate surface area is 132 Å². The summed E-state index contributed by atoms with van der Waals surface area (Å²) in [5.74, 6) is 0.177. The van der Waals surface area contributed by atoms with Crippen molar-refractivity contribution < 1.29 is 0 Å². The molecule has 106 valence electrons. The molecule has 0 saturated heterocycles. The summed E-state index contributed by atoms with van der Waals surface area (Å²) in [5.41, 5.74) is 11.8. The van der Waals surface area contributed by atoms with E-state index in [2.05, 4.69) is 17.1 Å². The highest BCUT2D eigenvalue weighted by Crippen LogP contribution is 2.44. The Bertz CT molecular complexity index is 919. The monoisotopic (exact) mass is 304 g/mol. The minimum Gasteiger partial charge on any atom is -0.383 e. The van der Waals surface area contributed by atoms with E-state index < -0.39 is 0 Å². The van der Waals surface area contributed by atoms with E-state index in [4.69, 9.17) is 5.73 Å². The van der Waals surface area contributed by atoms with Crippen LogP contribution < -0.4 is 5.73 Å². The molecule has 5 heteroatoms. The van der Waals surface area contributed by atoms with Crippen LogP contribution in [0.2, 0.25) is 0 Å². The van der Waals surface area contributed by atoms with Gasteiger partial charge in [0.15, 0.2) is 0 Å². The molecule has 0 amide bonds. The first-order valence-electron chi connectivity index (χ1n) is 6.64.